The molecule has 1 aromatic carbocycles. The summed E-state index contributed by atoms with van der Waals surface area (Å²) >= 11 is 0.773. The van der Waals surface area contributed by atoms with Crippen LogP contribution in [-0.2, 0) is 4.79 Å². The average molecular weight is 528 g/mol. The van der Waals surface area contributed by atoms with Crippen LogP contribution < -0.4 is 21.3 Å². The Balaban J connectivity index is 1.75. The van der Waals surface area contributed by atoms with Gasteiger partial charge < -0.3 is 20.8 Å². The molecule has 1 saturated carbocycles. The lowest BCUT2D eigenvalue weighted by atomic mass is 10.1. The maximum absolute atomic E-state index is 14.0. The van der Waals surface area contributed by atoms with E-state index in [0.717, 1.165) is 37.2 Å². The van der Waals surface area contributed by atoms with Gasteiger partial charge in [-0.1, -0.05) is 12.8 Å². The molecule has 0 saturated heterocycles. The summed E-state index contributed by atoms with van der Waals surface area (Å²) in [7, 11) is 0. The number of benzene rings is 1. The van der Waals surface area contributed by atoms with Crippen molar-refractivity contribution in [1.29, 1.82) is 0 Å². The standard InChI is InChI=1S/C26H30FN5O4S/c1-26(2,3)30-24(34)21(18-9-6-14-36-18)32(17-12-10-15(27)11-13-17)25(35)22-19(28)20(31-37-22)23(33)29-16-7-4-5-8-16/h6,9-14,16,21H,4-5,7-8,28H2,1-3H3,(H,29,33)(H,30,34). The first-order valence-electron chi connectivity index (χ1n) is 12.1. The van der Waals surface area contributed by atoms with Crippen molar-refractivity contribution < 1.29 is 23.2 Å². The van der Waals surface area contributed by atoms with Gasteiger partial charge in [0.1, 0.15) is 16.5 Å². The quantitative estimate of drug-likeness (QED) is 0.417. The van der Waals surface area contributed by atoms with Crippen molar-refractivity contribution in [2.24, 2.45) is 0 Å². The Morgan fingerprint density at radius 2 is 1.84 bits per heavy atom. The molecular weight excluding hydrogens is 497 g/mol. The molecule has 2 heterocycles. The Morgan fingerprint density at radius 3 is 2.43 bits per heavy atom. The lowest BCUT2D eigenvalue weighted by Gasteiger charge is -2.32. The van der Waals surface area contributed by atoms with E-state index in [1.807, 2.05) is 20.8 Å². The second-order valence-electron chi connectivity index (χ2n) is 10.0. The van der Waals surface area contributed by atoms with Gasteiger partial charge in [-0.3, -0.25) is 19.3 Å². The number of carbonyl (C=O) groups is 3. The van der Waals surface area contributed by atoms with Crippen LogP contribution in [0.2, 0.25) is 0 Å². The molecule has 4 N–H and O–H groups in total. The zero-order chi connectivity index (χ0) is 26.7. The number of hydrogen-bond donors (Lipinski definition) is 3. The molecule has 0 aliphatic heterocycles. The van der Waals surface area contributed by atoms with E-state index in [9.17, 15) is 18.8 Å². The van der Waals surface area contributed by atoms with Crippen molar-refractivity contribution in [2.75, 3.05) is 10.6 Å². The topological polar surface area (TPSA) is 131 Å². The van der Waals surface area contributed by atoms with Crippen molar-refractivity contribution in [1.82, 2.24) is 15.0 Å². The molecular formula is C26H30FN5O4S. The number of nitrogen functional groups attached to an aromatic ring is 1. The number of nitrogens with zero attached hydrogens (tertiary/aromatic N) is 2. The maximum Gasteiger partial charge on any atom is 0.273 e. The summed E-state index contributed by atoms with van der Waals surface area (Å²) in [6.45, 7) is 5.43. The Kier molecular flexibility index (Phi) is 7.63. The summed E-state index contributed by atoms with van der Waals surface area (Å²) in [5.74, 6) is -1.94. The van der Waals surface area contributed by atoms with Crippen molar-refractivity contribution in [3.05, 3.63) is 64.8 Å². The summed E-state index contributed by atoms with van der Waals surface area (Å²) in [6.07, 6.45) is 5.24. The highest BCUT2D eigenvalue weighted by molar-refractivity contribution is 7.09. The van der Waals surface area contributed by atoms with Crippen molar-refractivity contribution in [2.45, 2.75) is 64.1 Å². The number of amides is 3. The smallest absolute Gasteiger partial charge is 0.273 e. The van der Waals surface area contributed by atoms with Crippen LogP contribution in [0.5, 0.6) is 0 Å². The van der Waals surface area contributed by atoms with E-state index in [-0.39, 0.29) is 33.7 Å². The zero-order valence-electron chi connectivity index (χ0n) is 20.9. The van der Waals surface area contributed by atoms with Crippen LogP contribution in [0.4, 0.5) is 15.8 Å². The fourth-order valence-electron chi connectivity index (χ4n) is 4.29. The van der Waals surface area contributed by atoms with Gasteiger partial charge in [0.25, 0.3) is 17.7 Å². The number of nitrogens with two attached hydrogens (primary N) is 1. The van der Waals surface area contributed by atoms with Gasteiger partial charge in [0, 0.05) is 17.3 Å². The minimum atomic E-state index is -1.25. The number of anilines is 2. The molecule has 3 aromatic rings. The number of nitrogens with one attached hydrogen (secondary N) is 2. The van der Waals surface area contributed by atoms with Crippen molar-refractivity contribution in [3.8, 4) is 0 Å². The zero-order valence-corrected chi connectivity index (χ0v) is 21.7. The van der Waals surface area contributed by atoms with E-state index < -0.39 is 35.1 Å². The summed E-state index contributed by atoms with van der Waals surface area (Å²) in [6, 6.07) is 7.13. The molecule has 37 heavy (non-hydrogen) atoms. The fourth-order valence-corrected chi connectivity index (χ4v) is 5.03. The third kappa shape index (κ3) is 5.99. The highest BCUT2D eigenvalue weighted by atomic mass is 32.1. The Hall–Kier alpha value is -3.73. The van der Waals surface area contributed by atoms with Crippen molar-refractivity contribution in [3.63, 3.8) is 0 Å². The van der Waals surface area contributed by atoms with Crippen LogP contribution in [0.15, 0.2) is 47.1 Å². The van der Waals surface area contributed by atoms with E-state index in [4.69, 9.17) is 10.2 Å². The molecule has 196 valence electrons. The SMILES string of the molecule is CC(C)(C)NC(=O)C(c1ccco1)N(C(=O)c1snc(C(=O)NC2CCCC2)c1N)c1ccc(F)cc1. The van der Waals surface area contributed by atoms with Crippen LogP contribution in [0.1, 0.15) is 78.4 Å². The van der Waals surface area contributed by atoms with E-state index >= 15 is 0 Å². The normalized spacial score (nSPS) is 14.8. The second kappa shape index (κ2) is 10.7. The predicted octanol–water partition coefficient (Wildman–Crippen LogP) is 4.43. The molecule has 3 amide bonds. The molecule has 1 aliphatic carbocycles. The van der Waals surface area contributed by atoms with Crippen molar-refractivity contribution >= 4 is 40.6 Å². The third-order valence-electron chi connectivity index (χ3n) is 5.97. The summed E-state index contributed by atoms with van der Waals surface area (Å²) in [5.41, 5.74) is 5.78. The van der Waals surface area contributed by atoms with E-state index in [0.29, 0.717) is 0 Å². The monoisotopic (exact) mass is 527 g/mol. The van der Waals surface area contributed by atoms with E-state index in [1.54, 1.807) is 12.1 Å². The lowest BCUT2D eigenvalue weighted by molar-refractivity contribution is -0.124. The Bertz CT molecular complexity index is 1260. The van der Waals surface area contributed by atoms with Crippen LogP contribution in [0, 0.1) is 5.82 Å². The molecule has 1 unspecified atom stereocenters. The van der Waals surface area contributed by atoms with E-state index in [1.165, 1.54) is 35.4 Å². The number of halogens is 1. The number of rotatable bonds is 7. The van der Waals surface area contributed by atoms with Gasteiger partial charge in [0.05, 0.1) is 12.0 Å². The number of aromatic nitrogens is 1. The Morgan fingerprint density at radius 1 is 1.16 bits per heavy atom. The van der Waals surface area contributed by atoms with Gasteiger partial charge in [0.15, 0.2) is 11.7 Å². The molecule has 11 heteroatoms. The molecule has 0 bridgehead atoms. The molecule has 0 radical (unpaired) electrons. The van der Waals surface area contributed by atoms with E-state index in [2.05, 4.69) is 15.0 Å². The van der Waals surface area contributed by atoms with Gasteiger partial charge in [-0.25, -0.2) is 4.39 Å². The average Bonchev–Trinajstić information content (AvgIpc) is 3.59. The summed E-state index contributed by atoms with van der Waals surface area (Å²) < 4.78 is 23.5. The third-order valence-corrected chi connectivity index (χ3v) is 6.82. The molecule has 1 fully saturated rings. The fraction of sp³-hybridized carbons (Fsp3) is 0.385. The Labute approximate surface area is 218 Å². The molecule has 4 rings (SSSR count). The number of carbonyl (C=O) groups excluding carboxylic acids is 3. The molecule has 2 aromatic heterocycles. The van der Waals surface area contributed by atoms with Crippen LogP contribution >= 0.6 is 11.5 Å². The maximum atomic E-state index is 14.0. The van der Waals surface area contributed by atoms with Gasteiger partial charge in [0.2, 0.25) is 0 Å². The minimum absolute atomic E-state index is 0.0130. The first kappa shape index (κ1) is 26.3. The minimum Gasteiger partial charge on any atom is -0.467 e. The van der Waals surface area contributed by atoms with Crippen LogP contribution in [0.3, 0.4) is 0 Å². The first-order chi connectivity index (χ1) is 17.5. The predicted molar refractivity (Wildman–Crippen MR) is 139 cm³/mol. The van der Waals surface area contributed by atoms with Gasteiger partial charge >= 0.3 is 0 Å². The number of hydrogen-bond acceptors (Lipinski definition) is 7. The van der Waals surface area contributed by atoms with Gasteiger partial charge in [-0.15, -0.1) is 0 Å². The first-order valence-corrected chi connectivity index (χ1v) is 12.8. The van der Waals surface area contributed by atoms with Gasteiger partial charge in [-0.05, 0) is 81.5 Å². The summed E-state index contributed by atoms with van der Waals surface area (Å²) in [4.78, 5) is 41.5. The van der Waals surface area contributed by atoms with Crippen LogP contribution in [-0.4, -0.2) is 33.7 Å². The van der Waals surface area contributed by atoms with Crippen LogP contribution in [0.25, 0.3) is 0 Å². The number of furan rings is 1. The highest BCUT2D eigenvalue weighted by Crippen LogP contribution is 2.34. The molecule has 1 aliphatic rings. The lowest BCUT2D eigenvalue weighted by Crippen LogP contribution is -2.49. The van der Waals surface area contributed by atoms with Gasteiger partial charge in [-0.2, -0.15) is 4.37 Å². The highest BCUT2D eigenvalue weighted by Gasteiger charge is 2.39. The second-order valence-corrected chi connectivity index (χ2v) is 10.8. The molecule has 1 atom stereocenters. The summed E-state index contributed by atoms with van der Waals surface area (Å²) in [5, 5.41) is 5.80. The molecule has 0 spiro atoms. The largest absolute Gasteiger partial charge is 0.467 e. The molecule has 9 nitrogen and oxygen atoms in total.